The number of benzene rings is 3. The van der Waals surface area contributed by atoms with Gasteiger partial charge in [-0.05, 0) is 92.5 Å². The maximum atomic E-state index is 13.8. The van der Waals surface area contributed by atoms with Crippen molar-refractivity contribution in [3.63, 3.8) is 0 Å². The number of aliphatic hydroxyl groups is 1. The number of sulfone groups is 1. The molecule has 2 atom stereocenters. The molecule has 4 fully saturated rings. The van der Waals surface area contributed by atoms with Gasteiger partial charge in [0.25, 0.3) is 0 Å². The Bertz CT molecular complexity index is 1890. The molecular formula is C36H45N3O8S2. The molecule has 49 heavy (non-hydrogen) atoms. The van der Waals surface area contributed by atoms with Gasteiger partial charge in [-0.3, -0.25) is 0 Å². The molecule has 0 unspecified atom stereocenters. The van der Waals surface area contributed by atoms with Gasteiger partial charge >= 0.3 is 0 Å². The third-order valence-corrected chi connectivity index (χ3v) is 14.5. The van der Waals surface area contributed by atoms with Crippen molar-refractivity contribution in [3.05, 3.63) is 72.3 Å². The van der Waals surface area contributed by atoms with Crippen molar-refractivity contribution in [3.8, 4) is 22.6 Å². The second-order valence-corrected chi connectivity index (χ2v) is 18.2. The normalized spacial score (nSPS) is 22.6. The predicted octanol–water partition coefficient (Wildman–Crippen LogP) is 3.59. The summed E-state index contributed by atoms with van der Waals surface area (Å²) in [4.78, 5) is 0.473. The van der Waals surface area contributed by atoms with Crippen LogP contribution in [0.25, 0.3) is 11.1 Å². The van der Waals surface area contributed by atoms with Crippen molar-refractivity contribution in [1.29, 1.82) is 0 Å². The number of piperidine rings is 1. The molecule has 2 saturated carbocycles. The second-order valence-electron chi connectivity index (χ2n) is 14.0. The average Bonchev–Trinajstić information content (AvgIpc) is 4.06. The Morgan fingerprint density at radius 3 is 2.39 bits per heavy atom. The Balaban J connectivity index is 0.911. The summed E-state index contributed by atoms with van der Waals surface area (Å²) in [6.45, 7) is 1.44. The fraction of sp³-hybridized carbons (Fsp3) is 0.500. The molecule has 11 nitrogen and oxygen atoms in total. The van der Waals surface area contributed by atoms with Gasteiger partial charge in [0.2, 0.25) is 10.0 Å². The monoisotopic (exact) mass is 711 g/mol. The molecule has 0 radical (unpaired) electrons. The van der Waals surface area contributed by atoms with Gasteiger partial charge in [0.1, 0.15) is 24.2 Å². The number of hydrogen-bond acceptors (Lipinski definition) is 10. The summed E-state index contributed by atoms with van der Waals surface area (Å²) in [5, 5.41) is 13.6. The first-order chi connectivity index (χ1) is 23.4. The van der Waals surface area contributed by atoms with Crippen LogP contribution >= 0.6 is 0 Å². The number of methoxy groups -OCH3 is 1. The average molecular weight is 712 g/mol. The predicted molar refractivity (Wildman–Crippen MR) is 185 cm³/mol. The number of nitrogens with two attached hydrogens (primary N) is 1. The lowest BCUT2D eigenvalue weighted by molar-refractivity contribution is -0.0312. The van der Waals surface area contributed by atoms with E-state index in [4.69, 9.17) is 19.9 Å². The summed E-state index contributed by atoms with van der Waals surface area (Å²) in [6.07, 6.45) is 4.36. The highest BCUT2D eigenvalue weighted by Gasteiger charge is 2.45. The number of ether oxygens (including phenoxy) is 3. The lowest BCUT2D eigenvalue weighted by Crippen LogP contribution is -2.47. The van der Waals surface area contributed by atoms with E-state index in [2.05, 4.69) is 5.32 Å². The highest BCUT2D eigenvalue weighted by atomic mass is 32.2. The Kier molecular flexibility index (Phi) is 9.31. The Morgan fingerprint density at radius 2 is 1.71 bits per heavy atom. The molecule has 4 aliphatic rings. The third-order valence-electron chi connectivity index (χ3n) is 10.4. The second kappa shape index (κ2) is 13.3. The molecule has 13 heteroatoms. The Hall–Kier alpha value is -3.04. The van der Waals surface area contributed by atoms with E-state index in [1.807, 2.05) is 24.3 Å². The Labute approximate surface area is 288 Å². The third kappa shape index (κ3) is 7.25. The molecule has 3 aromatic carbocycles. The minimum Gasteiger partial charge on any atom is -0.496 e. The number of rotatable bonds is 13. The van der Waals surface area contributed by atoms with Crippen LogP contribution in [-0.2, 0) is 30.1 Å². The van der Waals surface area contributed by atoms with Gasteiger partial charge < -0.3 is 30.4 Å². The maximum Gasteiger partial charge on any atom is 0.243 e. The smallest absolute Gasteiger partial charge is 0.243 e. The molecule has 2 aliphatic heterocycles. The van der Waals surface area contributed by atoms with Crippen molar-refractivity contribution >= 4 is 19.9 Å². The highest BCUT2D eigenvalue weighted by molar-refractivity contribution is 7.92. The first kappa shape index (κ1) is 34.4. The summed E-state index contributed by atoms with van der Waals surface area (Å²) in [6, 6.07) is 19.4. The molecule has 0 aromatic heterocycles. The molecule has 7 rings (SSSR count). The van der Waals surface area contributed by atoms with Crippen LogP contribution in [0.1, 0.15) is 50.5 Å². The minimum absolute atomic E-state index is 0.00872. The van der Waals surface area contributed by atoms with Crippen LogP contribution in [0.2, 0.25) is 0 Å². The van der Waals surface area contributed by atoms with Crippen LogP contribution in [0.15, 0.2) is 76.5 Å². The molecular weight excluding hydrogens is 667 g/mol. The van der Waals surface area contributed by atoms with Gasteiger partial charge in [0.15, 0.2) is 9.84 Å². The van der Waals surface area contributed by atoms with E-state index >= 15 is 0 Å². The van der Waals surface area contributed by atoms with Crippen LogP contribution in [-0.4, -0.2) is 89.2 Å². The molecule has 264 valence electrons. The van der Waals surface area contributed by atoms with Crippen molar-refractivity contribution in [2.75, 3.05) is 40.0 Å². The SMILES string of the molecule is COc1ccc(S(=O)(=O)N2CCC3(CC2)C[C@@H](NC[C@H](O)COc2cccc(S(=O)(=O)C4CC4)c2)CO3)cc1-c1ccc(C2(N)CC2)cc1. The Morgan fingerprint density at radius 1 is 0.980 bits per heavy atom. The summed E-state index contributed by atoms with van der Waals surface area (Å²) < 4.78 is 71.8. The zero-order chi connectivity index (χ0) is 34.4. The van der Waals surface area contributed by atoms with Gasteiger partial charge in [-0.1, -0.05) is 30.3 Å². The molecule has 3 aromatic rings. The van der Waals surface area contributed by atoms with Crippen molar-refractivity contribution in [2.45, 2.75) is 83.3 Å². The summed E-state index contributed by atoms with van der Waals surface area (Å²) >= 11 is 0. The molecule has 2 saturated heterocycles. The van der Waals surface area contributed by atoms with E-state index in [1.54, 1.807) is 43.5 Å². The van der Waals surface area contributed by atoms with Gasteiger partial charge in [-0.15, -0.1) is 0 Å². The van der Waals surface area contributed by atoms with Crippen LogP contribution in [0, 0.1) is 0 Å². The lowest BCUT2D eigenvalue weighted by atomic mass is 9.88. The summed E-state index contributed by atoms with van der Waals surface area (Å²) in [5.41, 5.74) is 8.34. The fourth-order valence-electron chi connectivity index (χ4n) is 6.95. The summed E-state index contributed by atoms with van der Waals surface area (Å²) in [7, 11) is -5.50. The van der Waals surface area contributed by atoms with E-state index < -0.39 is 31.6 Å². The lowest BCUT2D eigenvalue weighted by Gasteiger charge is -2.38. The molecule has 4 N–H and O–H groups in total. The topological polar surface area (TPSA) is 157 Å². The van der Waals surface area contributed by atoms with E-state index in [-0.39, 0.29) is 39.8 Å². The van der Waals surface area contributed by atoms with Gasteiger partial charge in [-0.25, -0.2) is 16.8 Å². The van der Waals surface area contributed by atoms with Crippen molar-refractivity contribution in [2.24, 2.45) is 5.73 Å². The molecule has 0 bridgehead atoms. The molecule has 2 aliphatic carbocycles. The van der Waals surface area contributed by atoms with E-state index in [0.29, 0.717) is 68.9 Å². The van der Waals surface area contributed by atoms with E-state index in [9.17, 15) is 21.9 Å². The van der Waals surface area contributed by atoms with Crippen LogP contribution in [0.3, 0.4) is 0 Å². The number of hydrogen-bond donors (Lipinski definition) is 3. The quantitative estimate of drug-likeness (QED) is 0.240. The molecule has 0 amide bonds. The number of nitrogens with one attached hydrogen (secondary N) is 1. The standard InChI is InChI=1S/C36H45N3O8S2/c1-45-34-12-11-32(20-33(34)25-5-7-26(8-6-25)36(37)13-14-36)49(43,44)39-17-15-35(16-18-39)21-27(23-47-35)38-22-28(40)24-46-29-3-2-4-31(19-29)48(41,42)30-9-10-30/h2-8,11-12,19-20,27-28,30,38,40H,9-10,13-18,21-24,37H2,1H3/t27-,28+/m1/s1. The van der Waals surface area contributed by atoms with Gasteiger partial charge in [0.05, 0.1) is 34.4 Å². The minimum atomic E-state index is -3.76. The zero-order valence-electron chi connectivity index (χ0n) is 27.7. The first-order valence-corrected chi connectivity index (χ1v) is 20.0. The number of sulfonamides is 1. The van der Waals surface area contributed by atoms with Crippen LogP contribution in [0.5, 0.6) is 11.5 Å². The van der Waals surface area contributed by atoms with Crippen LogP contribution < -0.4 is 20.5 Å². The van der Waals surface area contributed by atoms with Crippen molar-refractivity contribution in [1.82, 2.24) is 9.62 Å². The van der Waals surface area contributed by atoms with Crippen LogP contribution in [0.4, 0.5) is 0 Å². The first-order valence-electron chi connectivity index (χ1n) is 17.0. The van der Waals surface area contributed by atoms with E-state index in [1.165, 1.54) is 10.4 Å². The maximum absolute atomic E-state index is 13.8. The van der Waals surface area contributed by atoms with Gasteiger partial charge in [-0.2, -0.15) is 4.31 Å². The molecule has 1 spiro atoms. The summed E-state index contributed by atoms with van der Waals surface area (Å²) in [5.74, 6) is 1.00. The molecule has 2 heterocycles. The van der Waals surface area contributed by atoms with Gasteiger partial charge in [0, 0.05) is 36.8 Å². The highest BCUT2D eigenvalue weighted by Crippen LogP contribution is 2.44. The zero-order valence-corrected chi connectivity index (χ0v) is 29.3. The van der Waals surface area contributed by atoms with E-state index in [0.717, 1.165) is 24.0 Å². The number of aliphatic hydroxyl groups excluding tert-OH is 1. The fourth-order valence-corrected chi connectivity index (χ4v) is 10.1. The van der Waals surface area contributed by atoms with Crippen molar-refractivity contribution < 1.29 is 36.2 Å². The largest absolute Gasteiger partial charge is 0.496 e. The number of nitrogens with zero attached hydrogens (tertiary/aromatic N) is 1.